The van der Waals surface area contributed by atoms with Gasteiger partial charge in [0.15, 0.2) is 0 Å². The molecule has 1 amide bonds. The second-order valence-corrected chi connectivity index (χ2v) is 4.30. The Labute approximate surface area is 119 Å². The van der Waals surface area contributed by atoms with Gasteiger partial charge in [0.2, 0.25) is 5.88 Å². The van der Waals surface area contributed by atoms with Crippen LogP contribution in [-0.4, -0.2) is 23.0 Å². The van der Waals surface area contributed by atoms with Crippen molar-refractivity contribution in [3.63, 3.8) is 0 Å². The van der Waals surface area contributed by atoms with E-state index < -0.39 is 5.91 Å². The van der Waals surface area contributed by atoms with E-state index in [1.165, 1.54) is 25.4 Å². The van der Waals surface area contributed by atoms with Crippen LogP contribution >= 0.6 is 23.2 Å². The summed E-state index contributed by atoms with van der Waals surface area (Å²) in [6.45, 7) is 0. The van der Waals surface area contributed by atoms with Crippen LogP contribution < -0.4 is 10.1 Å². The van der Waals surface area contributed by atoms with Crippen LogP contribution in [-0.2, 0) is 0 Å². The molecule has 0 aliphatic heterocycles. The Bertz CT molecular complexity index is 602. The number of carbonyl (C=O) groups is 1. The summed E-state index contributed by atoms with van der Waals surface area (Å²) in [7, 11) is 1.51. The predicted molar refractivity (Wildman–Crippen MR) is 73.0 cm³/mol. The molecule has 19 heavy (non-hydrogen) atoms. The SMILES string of the molecule is COc1ccc(NC(=O)c2nc(Cl)ccc2Cl)cn1. The quantitative estimate of drug-likeness (QED) is 0.885. The molecule has 2 aromatic rings. The first-order valence-electron chi connectivity index (χ1n) is 5.23. The van der Waals surface area contributed by atoms with Gasteiger partial charge in [0.1, 0.15) is 10.8 Å². The highest BCUT2D eigenvalue weighted by Gasteiger charge is 2.13. The number of pyridine rings is 2. The number of ether oxygens (including phenoxy) is 1. The summed E-state index contributed by atoms with van der Waals surface area (Å²) in [5, 5.41) is 3.04. The lowest BCUT2D eigenvalue weighted by atomic mass is 10.3. The Balaban J connectivity index is 2.18. The molecule has 1 N–H and O–H groups in total. The van der Waals surface area contributed by atoms with E-state index in [-0.39, 0.29) is 15.9 Å². The summed E-state index contributed by atoms with van der Waals surface area (Å²) in [5.74, 6) is -0.00335. The molecular formula is C12H9Cl2N3O2. The minimum absolute atomic E-state index is 0.0602. The molecule has 5 nitrogen and oxygen atoms in total. The van der Waals surface area contributed by atoms with Gasteiger partial charge in [-0.3, -0.25) is 4.79 Å². The highest BCUT2D eigenvalue weighted by molar-refractivity contribution is 6.35. The second-order valence-electron chi connectivity index (χ2n) is 3.51. The maximum atomic E-state index is 12.0. The van der Waals surface area contributed by atoms with Crippen molar-refractivity contribution in [1.82, 2.24) is 9.97 Å². The molecule has 0 aromatic carbocycles. The van der Waals surface area contributed by atoms with E-state index in [1.54, 1.807) is 12.1 Å². The summed E-state index contributed by atoms with van der Waals surface area (Å²) in [6.07, 6.45) is 1.47. The van der Waals surface area contributed by atoms with Crippen LogP contribution in [0.25, 0.3) is 0 Å². The standard InChI is InChI=1S/C12H9Cl2N3O2/c1-19-10-5-2-7(6-15-10)16-12(18)11-8(13)3-4-9(14)17-11/h2-6H,1H3,(H,16,18). The molecule has 2 rings (SSSR count). The minimum atomic E-state index is -0.459. The van der Waals surface area contributed by atoms with Gasteiger partial charge in [-0.2, -0.15) is 0 Å². The third kappa shape index (κ3) is 3.33. The third-order valence-corrected chi connectivity index (χ3v) is 2.75. The number of nitrogens with zero attached hydrogens (tertiary/aromatic N) is 2. The summed E-state index contributed by atoms with van der Waals surface area (Å²) in [6, 6.07) is 6.30. The molecular weight excluding hydrogens is 289 g/mol. The molecule has 2 aromatic heterocycles. The lowest BCUT2D eigenvalue weighted by molar-refractivity contribution is 0.102. The molecule has 0 saturated heterocycles. The summed E-state index contributed by atoms with van der Waals surface area (Å²) in [4.78, 5) is 19.8. The van der Waals surface area contributed by atoms with E-state index in [1.807, 2.05) is 0 Å². The van der Waals surface area contributed by atoms with Gasteiger partial charge < -0.3 is 10.1 Å². The molecule has 0 fully saturated rings. The van der Waals surface area contributed by atoms with Crippen molar-refractivity contribution in [2.45, 2.75) is 0 Å². The zero-order valence-electron chi connectivity index (χ0n) is 9.85. The maximum Gasteiger partial charge on any atom is 0.275 e. The first-order chi connectivity index (χ1) is 9.10. The first kappa shape index (κ1) is 13.6. The highest BCUT2D eigenvalue weighted by atomic mass is 35.5. The zero-order valence-corrected chi connectivity index (χ0v) is 11.4. The number of aromatic nitrogens is 2. The Morgan fingerprint density at radius 2 is 2.05 bits per heavy atom. The van der Waals surface area contributed by atoms with Gasteiger partial charge in [-0.15, -0.1) is 0 Å². The van der Waals surface area contributed by atoms with E-state index in [0.29, 0.717) is 11.6 Å². The number of nitrogens with one attached hydrogen (secondary N) is 1. The Morgan fingerprint density at radius 3 is 2.68 bits per heavy atom. The number of methoxy groups -OCH3 is 1. The van der Waals surface area contributed by atoms with Gasteiger partial charge in [0.05, 0.1) is 24.0 Å². The van der Waals surface area contributed by atoms with Crippen molar-refractivity contribution in [2.24, 2.45) is 0 Å². The van der Waals surface area contributed by atoms with E-state index in [2.05, 4.69) is 15.3 Å². The van der Waals surface area contributed by atoms with Gasteiger partial charge in [0.25, 0.3) is 5.91 Å². The lowest BCUT2D eigenvalue weighted by Gasteiger charge is -2.06. The largest absolute Gasteiger partial charge is 0.481 e. The monoisotopic (exact) mass is 297 g/mol. The van der Waals surface area contributed by atoms with Gasteiger partial charge >= 0.3 is 0 Å². The fraction of sp³-hybridized carbons (Fsp3) is 0.0833. The van der Waals surface area contributed by atoms with Crippen molar-refractivity contribution >= 4 is 34.8 Å². The average molecular weight is 298 g/mol. The number of carbonyl (C=O) groups excluding carboxylic acids is 1. The topological polar surface area (TPSA) is 64.1 Å². The first-order valence-corrected chi connectivity index (χ1v) is 5.99. The number of hydrogen-bond acceptors (Lipinski definition) is 4. The molecule has 0 atom stereocenters. The Morgan fingerprint density at radius 1 is 1.26 bits per heavy atom. The fourth-order valence-electron chi connectivity index (χ4n) is 1.34. The smallest absolute Gasteiger partial charge is 0.275 e. The highest BCUT2D eigenvalue weighted by Crippen LogP contribution is 2.18. The summed E-state index contributed by atoms with van der Waals surface area (Å²) >= 11 is 11.6. The van der Waals surface area contributed by atoms with Crippen LogP contribution in [0.3, 0.4) is 0 Å². The zero-order chi connectivity index (χ0) is 13.8. The molecule has 0 unspecified atom stereocenters. The van der Waals surface area contributed by atoms with Crippen LogP contribution in [0.4, 0.5) is 5.69 Å². The summed E-state index contributed by atoms with van der Waals surface area (Å²) < 4.78 is 4.92. The van der Waals surface area contributed by atoms with Crippen LogP contribution in [0.15, 0.2) is 30.5 Å². The number of rotatable bonds is 3. The Kier molecular flexibility index (Phi) is 4.19. The number of anilines is 1. The van der Waals surface area contributed by atoms with Crippen molar-refractivity contribution in [3.8, 4) is 5.88 Å². The molecule has 0 bridgehead atoms. The second kappa shape index (κ2) is 5.86. The number of hydrogen-bond donors (Lipinski definition) is 1. The normalized spacial score (nSPS) is 10.1. The van der Waals surface area contributed by atoms with E-state index in [4.69, 9.17) is 27.9 Å². The maximum absolute atomic E-state index is 12.0. The molecule has 0 aliphatic rings. The van der Waals surface area contributed by atoms with Crippen molar-refractivity contribution < 1.29 is 9.53 Å². The third-order valence-electron chi connectivity index (χ3n) is 2.23. The Hall–Kier alpha value is -1.85. The number of halogens is 2. The van der Waals surface area contributed by atoms with Crippen LogP contribution in [0, 0.1) is 0 Å². The molecule has 0 spiro atoms. The fourth-order valence-corrected chi connectivity index (χ4v) is 1.68. The van der Waals surface area contributed by atoms with E-state index in [0.717, 1.165) is 0 Å². The van der Waals surface area contributed by atoms with Crippen molar-refractivity contribution in [3.05, 3.63) is 46.3 Å². The molecule has 98 valence electrons. The molecule has 0 aliphatic carbocycles. The van der Waals surface area contributed by atoms with Gasteiger partial charge in [0, 0.05) is 6.07 Å². The summed E-state index contributed by atoms with van der Waals surface area (Å²) in [5.41, 5.74) is 0.564. The predicted octanol–water partition coefficient (Wildman–Crippen LogP) is 3.04. The van der Waals surface area contributed by atoms with Crippen LogP contribution in [0.5, 0.6) is 5.88 Å². The van der Waals surface area contributed by atoms with E-state index >= 15 is 0 Å². The minimum Gasteiger partial charge on any atom is -0.481 e. The number of amides is 1. The molecule has 2 heterocycles. The lowest BCUT2D eigenvalue weighted by Crippen LogP contribution is -2.14. The molecule has 0 saturated carbocycles. The van der Waals surface area contributed by atoms with Crippen molar-refractivity contribution in [1.29, 1.82) is 0 Å². The van der Waals surface area contributed by atoms with Crippen LogP contribution in [0.2, 0.25) is 10.2 Å². The van der Waals surface area contributed by atoms with Crippen molar-refractivity contribution in [2.75, 3.05) is 12.4 Å². The molecule has 7 heteroatoms. The average Bonchev–Trinajstić information content (AvgIpc) is 2.42. The van der Waals surface area contributed by atoms with Gasteiger partial charge in [-0.1, -0.05) is 23.2 Å². The van der Waals surface area contributed by atoms with E-state index in [9.17, 15) is 4.79 Å². The molecule has 0 radical (unpaired) electrons. The van der Waals surface area contributed by atoms with Gasteiger partial charge in [-0.05, 0) is 18.2 Å². The van der Waals surface area contributed by atoms with Gasteiger partial charge in [-0.25, -0.2) is 9.97 Å². The van der Waals surface area contributed by atoms with Crippen LogP contribution in [0.1, 0.15) is 10.5 Å².